The number of para-hydroxylation sites is 2. The average molecular weight is 465 g/mol. The average Bonchev–Trinajstić information content (AvgIpc) is 3.44. The molecule has 0 radical (unpaired) electrons. The number of carbonyl (C=O) groups excluding carboxylic acids is 2. The first-order valence-electron chi connectivity index (χ1n) is 10.5. The minimum Gasteiger partial charge on any atom is -0.497 e. The monoisotopic (exact) mass is 464 g/mol. The van der Waals surface area contributed by atoms with E-state index in [2.05, 4.69) is 5.32 Å². The molecule has 0 fully saturated rings. The van der Waals surface area contributed by atoms with Crippen LogP contribution in [0.4, 0.5) is 11.4 Å². The lowest BCUT2D eigenvalue weighted by Crippen LogP contribution is -2.32. The summed E-state index contributed by atoms with van der Waals surface area (Å²) in [4.78, 5) is 29.1. The number of methoxy groups -OCH3 is 2. The minimum absolute atomic E-state index is 0.177. The molecule has 2 heterocycles. The Morgan fingerprint density at radius 1 is 0.939 bits per heavy atom. The first-order chi connectivity index (χ1) is 16.1. The molecule has 1 aliphatic rings. The second-order valence-electron chi connectivity index (χ2n) is 7.18. The smallest absolute Gasteiger partial charge is 0.282 e. The number of rotatable bonds is 9. The van der Waals surface area contributed by atoms with Crippen molar-refractivity contribution in [1.82, 2.24) is 0 Å². The molecular weight excluding hydrogens is 440 g/mol. The van der Waals surface area contributed by atoms with E-state index in [0.717, 1.165) is 6.42 Å². The van der Waals surface area contributed by atoms with Gasteiger partial charge in [-0.2, -0.15) is 0 Å². The quantitative estimate of drug-likeness (QED) is 0.452. The van der Waals surface area contributed by atoms with Crippen LogP contribution in [-0.2, 0) is 9.59 Å². The summed E-state index contributed by atoms with van der Waals surface area (Å²) in [6.45, 7) is 2.47. The van der Waals surface area contributed by atoms with Crippen molar-refractivity contribution >= 4 is 40.1 Å². The maximum Gasteiger partial charge on any atom is 0.282 e. The van der Waals surface area contributed by atoms with Crippen LogP contribution >= 0.6 is 11.3 Å². The van der Waals surface area contributed by atoms with Gasteiger partial charge in [-0.05, 0) is 42.1 Å². The van der Waals surface area contributed by atoms with E-state index in [-0.39, 0.29) is 5.70 Å². The van der Waals surface area contributed by atoms with E-state index in [1.165, 1.54) is 23.3 Å². The van der Waals surface area contributed by atoms with Crippen molar-refractivity contribution in [3.05, 3.63) is 70.6 Å². The van der Waals surface area contributed by atoms with Crippen molar-refractivity contribution in [3.63, 3.8) is 0 Å². The van der Waals surface area contributed by atoms with Gasteiger partial charge in [-0.25, -0.2) is 4.90 Å². The molecule has 0 saturated heterocycles. The second-order valence-corrected chi connectivity index (χ2v) is 8.13. The zero-order valence-corrected chi connectivity index (χ0v) is 19.4. The third-order valence-electron chi connectivity index (χ3n) is 5.09. The fraction of sp³-hybridized carbons (Fsp3) is 0.200. The maximum absolute atomic E-state index is 13.6. The third-order valence-corrected chi connectivity index (χ3v) is 5.98. The molecule has 1 aliphatic heterocycles. The summed E-state index contributed by atoms with van der Waals surface area (Å²) in [7, 11) is 3.10. The number of amides is 2. The molecular formula is C25H24N2O5S. The van der Waals surface area contributed by atoms with Crippen molar-refractivity contribution in [2.24, 2.45) is 0 Å². The first-order valence-corrected chi connectivity index (χ1v) is 11.3. The summed E-state index contributed by atoms with van der Waals surface area (Å²) in [5.41, 5.74) is 1.43. The van der Waals surface area contributed by atoms with Crippen molar-refractivity contribution in [2.75, 3.05) is 31.0 Å². The summed E-state index contributed by atoms with van der Waals surface area (Å²) in [5.74, 6) is 0.703. The van der Waals surface area contributed by atoms with Gasteiger partial charge in [-0.15, -0.1) is 11.3 Å². The van der Waals surface area contributed by atoms with Crippen molar-refractivity contribution in [2.45, 2.75) is 13.3 Å². The molecule has 0 unspecified atom stereocenters. The Balaban J connectivity index is 1.79. The number of ether oxygens (including phenoxy) is 3. The highest BCUT2D eigenvalue weighted by molar-refractivity contribution is 7.11. The molecule has 2 amide bonds. The van der Waals surface area contributed by atoms with Gasteiger partial charge in [-0.1, -0.05) is 25.1 Å². The van der Waals surface area contributed by atoms with Crippen LogP contribution in [0.3, 0.4) is 0 Å². The van der Waals surface area contributed by atoms with Crippen molar-refractivity contribution in [3.8, 4) is 17.2 Å². The topological polar surface area (TPSA) is 77.1 Å². The van der Waals surface area contributed by atoms with Gasteiger partial charge in [-0.3, -0.25) is 9.59 Å². The summed E-state index contributed by atoms with van der Waals surface area (Å²) in [6.07, 6.45) is 0.805. The largest absolute Gasteiger partial charge is 0.497 e. The number of anilines is 2. The molecule has 2 aromatic carbocycles. The Morgan fingerprint density at radius 3 is 2.45 bits per heavy atom. The van der Waals surface area contributed by atoms with E-state index in [1.54, 1.807) is 43.5 Å². The predicted molar refractivity (Wildman–Crippen MR) is 129 cm³/mol. The molecule has 0 saturated carbocycles. The minimum atomic E-state index is -0.464. The summed E-state index contributed by atoms with van der Waals surface area (Å²) in [5, 5.41) is 5.01. The highest BCUT2D eigenvalue weighted by atomic mass is 32.1. The molecule has 8 heteroatoms. The van der Waals surface area contributed by atoms with Gasteiger partial charge >= 0.3 is 0 Å². The van der Waals surface area contributed by atoms with Gasteiger partial charge in [0.1, 0.15) is 22.9 Å². The van der Waals surface area contributed by atoms with Gasteiger partial charge in [0, 0.05) is 10.9 Å². The van der Waals surface area contributed by atoms with Crippen LogP contribution in [-0.4, -0.2) is 32.6 Å². The fourth-order valence-electron chi connectivity index (χ4n) is 3.53. The molecule has 1 aromatic heterocycles. The molecule has 170 valence electrons. The zero-order valence-electron chi connectivity index (χ0n) is 18.6. The first kappa shape index (κ1) is 22.4. The standard InChI is InChI=1S/C25H24N2O5S/c1-4-13-32-19-9-6-5-8-18(19)27-24(28)22(21-10-7-14-33-21)23(25(27)29)26-17-12-11-16(30-2)15-20(17)31-3/h5-12,14-15,26H,4,13H2,1-3H3. The second kappa shape index (κ2) is 9.79. The van der Waals surface area contributed by atoms with Gasteiger partial charge in [0.15, 0.2) is 0 Å². The fourth-order valence-corrected chi connectivity index (χ4v) is 4.29. The molecule has 1 N–H and O–H groups in total. The third kappa shape index (κ3) is 4.29. The zero-order chi connectivity index (χ0) is 23.4. The van der Waals surface area contributed by atoms with E-state index in [4.69, 9.17) is 14.2 Å². The lowest BCUT2D eigenvalue weighted by molar-refractivity contribution is -0.120. The van der Waals surface area contributed by atoms with E-state index in [0.29, 0.717) is 45.7 Å². The number of thiophene rings is 1. The molecule has 4 rings (SSSR count). The van der Waals surface area contributed by atoms with Crippen LogP contribution in [0.5, 0.6) is 17.2 Å². The molecule has 3 aromatic rings. The number of nitrogens with one attached hydrogen (secondary N) is 1. The Kier molecular flexibility index (Phi) is 6.65. The maximum atomic E-state index is 13.6. The molecule has 0 bridgehead atoms. The van der Waals surface area contributed by atoms with Crippen LogP contribution in [0.25, 0.3) is 5.57 Å². The Hall–Kier alpha value is -3.78. The highest BCUT2D eigenvalue weighted by Gasteiger charge is 2.42. The Labute approximate surface area is 196 Å². The molecule has 0 spiro atoms. The lowest BCUT2D eigenvalue weighted by atomic mass is 10.1. The van der Waals surface area contributed by atoms with Gasteiger partial charge < -0.3 is 19.5 Å². The lowest BCUT2D eigenvalue weighted by Gasteiger charge is -2.19. The Morgan fingerprint density at radius 2 is 1.76 bits per heavy atom. The number of nitrogens with zero attached hydrogens (tertiary/aromatic N) is 1. The highest BCUT2D eigenvalue weighted by Crippen LogP contribution is 2.40. The summed E-state index contributed by atoms with van der Waals surface area (Å²) in [6, 6.07) is 15.9. The predicted octanol–water partition coefficient (Wildman–Crippen LogP) is 4.95. The van der Waals surface area contributed by atoms with Crippen LogP contribution in [0.15, 0.2) is 65.7 Å². The van der Waals surface area contributed by atoms with Crippen LogP contribution in [0.2, 0.25) is 0 Å². The van der Waals surface area contributed by atoms with Crippen LogP contribution in [0.1, 0.15) is 18.2 Å². The van der Waals surface area contributed by atoms with Gasteiger partial charge in [0.05, 0.1) is 37.8 Å². The molecule has 0 atom stereocenters. The van der Waals surface area contributed by atoms with Gasteiger partial charge in [0.2, 0.25) is 0 Å². The Bertz CT molecular complexity index is 1200. The number of benzene rings is 2. The number of hydrogen-bond donors (Lipinski definition) is 1. The molecule has 7 nitrogen and oxygen atoms in total. The van der Waals surface area contributed by atoms with E-state index < -0.39 is 11.8 Å². The van der Waals surface area contributed by atoms with Crippen molar-refractivity contribution in [1.29, 1.82) is 0 Å². The van der Waals surface area contributed by atoms with E-state index >= 15 is 0 Å². The van der Waals surface area contributed by atoms with E-state index in [1.807, 2.05) is 30.5 Å². The number of carbonyl (C=O) groups is 2. The van der Waals surface area contributed by atoms with Crippen LogP contribution in [0, 0.1) is 0 Å². The summed E-state index contributed by atoms with van der Waals surface area (Å²) < 4.78 is 16.5. The summed E-state index contributed by atoms with van der Waals surface area (Å²) >= 11 is 1.39. The number of hydrogen-bond acceptors (Lipinski definition) is 7. The van der Waals surface area contributed by atoms with E-state index in [9.17, 15) is 9.59 Å². The molecule has 0 aliphatic carbocycles. The normalized spacial score (nSPS) is 13.5. The van der Waals surface area contributed by atoms with Gasteiger partial charge in [0.25, 0.3) is 11.8 Å². The van der Waals surface area contributed by atoms with Crippen molar-refractivity contribution < 1.29 is 23.8 Å². The molecule has 33 heavy (non-hydrogen) atoms. The SMILES string of the molecule is CCCOc1ccccc1N1C(=O)C(Nc2ccc(OC)cc2OC)=C(c2cccs2)C1=O. The number of imide groups is 1. The van der Waals surface area contributed by atoms with Crippen LogP contribution < -0.4 is 24.4 Å².